The number of ether oxygens (including phenoxy) is 2. The second-order valence-corrected chi connectivity index (χ2v) is 8.15. The topological polar surface area (TPSA) is 47.6 Å². The molecule has 4 nitrogen and oxygen atoms in total. The molecule has 0 spiro atoms. The zero-order chi connectivity index (χ0) is 17.8. The Morgan fingerprint density at radius 2 is 1.81 bits per heavy atom. The quantitative estimate of drug-likeness (QED) is 0.845. The zero-order valence-corrected chi connectivity index (χ0v) is 15.6. The van der Waals surface area contributed by atoms with E-state index in [4.69, 9.17) is 9.47 Å². The Balaban J connectivity index is 1.30. The number of rotatable bonds is 6. The molecule has 1 amide bonds. The minimum Gasteiger partial charge on any atom is -0.376 e. The van der Waals surface area contributed by atoms with Crippen molar-refractivity contribution in [2.75, 3.05) is 19.8 Å². The molecular weight excluding hydrogens is 326 g/mol. The SMILES string of the molecule is O=C(COC[C@@H]1CCCCO1)N[C@H]1[C@@H]2CCCC[C@H]2[C@@H]1c1ccccc1. The van der Waals surface area contributed by atoms with Gasteiger partial charge in [0.25, 0.3) is 0 Å². The summed E-state index contributed by atoms with van der Waals surface area (Å²) in [6.07, 6.45) is 8.72. The van der Waals surface area contributed by atoms with Crippen molar-refractivity contribution >= 4 is 5.91 Å². The highest BCUT2D eigenvalue weighted by molar-refractivity contribution is 5.78. The van der Waals surface area contributed by atoms with Crippen LogP contribution in [0.2, 0.25) is 0 Å². The highest BCUT2D eigenvalue weighted by Gasteiger charge is 2.51. The lowest BCUT2D eigenvalue weighted by atomic mass is 9.53. The van der Waals surface area contributed by atoms with E-state index in [0.717, 1.165) is 25.4 Å². The van der Waals surface area contributed by atoms with Crippen LogP contribution in [0.3, 0.4) is 0 Å². The summed E-state index contributed by atoms with van der Waals surface area (Å²) in [4.78, 5) is 12.5. The third kappa shape index (κ3) is 3.96. The fraction of sp³-hybridized carbons (Fsp3) is 0.682. The molecule has 0 aromatic heterocycles. The number of nitrogens with one attached hydrogen (secondary N) is 1. The molecule has 4 rings (SSSR count). The highest BCUT2D eigenvalue weighted by atomic mass is 16.5. The summed E-state index contributed by atoms with van der Waals surface area (Å²) in [6, 6.07) is 11.0. The first kappa shape index (κ1) is 18.0. The zero-order valence-electron chi connectivity index (χ0n) is 15.6. The maximum absolute atomic E-state index is 12.5. The first-order chi connectivity index (χ1) is 12.8. The standard InChI is InChI=1S/C22H31NO3/c24-20(15-25-14-17-10-6-7-13-26-17)23-22-19-12-5-4-11-18(19)21(22)16-8-2-1-3-9-16/h1-3,8-9,17-19,21-22H,4-7,10-15H2,(H,23,24)/t17-,18+,19+,21-,22-/m0/s1. The minimum atomic E-state index is 0.0239. The summed E-state index contributed by atoms with van der Waals surface area (Å²) in [6.45, 7) is 1.51. The molecule has 2 saturated carbocycles. The Labute approximate surface area is 156 Å². The van der Waals surface area contributed by atoms with E-state index in [9.17, 15) is 4.79 Å². The van der Waals surface area contributed by atoms with E-state index >= 15 is 0 Å². The van der Waals surface area contributed by atoms with Gasteiger partial charge < -0.3 is 14.8 Å². The van der Waals surface area contributed by atoms with Crippen molar-refractivity contribution in [1.29, 1.82) is 0 Å². The number of carbonyl (C=O) groups excluding carboxylic acids is 1. The lowest BCUT2D eigenvalue weighted by Gasteiger charge is -2.55. The van der Waals surface area contributed by atoms with E-state index in [2.05, 4.69) is 35.6 Å². The number of hydrogen-bond donors (Lipinski definition) is 1. The Hall–Kier alpha value is -1.39. The van der Waals surface area contributed by atoms with Gasteiger partial charge in [-0.25, -0.2) is 0 Å². The number of carbonyl (C=O) groups is 1. The minimum absolute atomic E-state index is 0.0239. The van der Waals surface area contributed by atoms with Gasteiger partial charge in [-0.05, 0) is 49.5 Å². The predicted octanol–water partition coefficient (Wildman–Crippen LogP) is 3.66. The number of hydrogen-bond acceptors (Lipinski definition) is 3. The van der Waals surface area contributed by atoms with Crippen LogP contribution in [0, 0.1) is 11.8 Å². The van der Waals surface area contributed by atoms with Crippen LogP contribution in [0.15, 0.2) is 30.3 Å². The summed E-state index contributed by atoms with van der Waals surface area (Å²) >= 11 is 0. The largest absolute Gasteiger partial charge is 0.376 e. The van der Waals surface area contributed by atoms with Crippen LogP contribution in [0.1, 0.15) is 56.4 Å². The fourth-order valence-electron chi connectivity index (χ4n) is 5.24. The summed E-state index contributed by atoms with van der Waals surface area (Å²) in [5, 5.41) is 3.30. The van der Waals surface area contributed by atoms with E-state index in [1.54, 1.807) is 0 Å². The first-order valence-electron chi connectivity index (χ1n) is 10.4. The molecule has 1 saturated heterocycles. The summed E-state index contributed by atoms with van der Waals surface area (Å²) in [7, 11) is 0. The van der Waals surface area contributed by atoms with Gasteiger partial charge in [0.2, 0.25) is 5.91 Å². The van der Waals surface area contributed by atoms with Gasteiger partial charge >= 0.3 is 0 Å². The second kappa shape index (κ2) is 8.53. The molecule has 4 heteroatoms. The van der Waals surface area contributed by atoms with E-state index in [1.807, 2.05) is 0 Å². The Bertz CT molecular complexity index is 584. The second-order valence-electron chi connectivity index (χ2n) is 8.15. The maximum atomic E-state index is 12.5. The van der Waals surface area contributed by atoms with Crippen LogP contribution < -0.4 is 5.32 Å². The normalized spacial score (nSPS) is 33.8. The number of benzene rings is 1. The van der Waals surface area contributed by atoms with Gasteiger partial charge in [-0.1, -0.05) is 43.2 Å². The monoisotopic (exact) mass is 357 g/mol. The van der Waals surface area contributed by atoms with Crippen LogP contribution in [-0.4, -0.2) is 37.9 Å². The van der Waals surface area contributed by atoms with E-state index < -0.39 is 0 Å². The molecule has 0 radical (unpaired) electrons. The Morgan fingerprint density at radius 3 is 2.58 bits per heavy atom. The first-order valence-corrected chi connectivity index (χ1v) is 10.4. The van der Waals surface area contributed by atoms with Gasteiger partial charge in [-0.2, -0.15) is 0 Å². The highest BCUT2D eigenvalue weighted by Crippen LogP contribution is 2.54. The number of amides is 1. The third-order valence-electron chi connectivity index (χ3n) is 6.51. The van der Waals surface area contributed by atoms with Crippen LogP contribution in [0.5, 0.6) is 0 Å². The average molecular weight is 357 g/mol. The molecule has 3 aliphatic rings. The van der Waals surface area contributed by atoms with Crippen LogP contribution in [0.4, 0.5) is 0 Å². The summed E-state index contributed by atoms with van der Waals surface area (Å²) < 4.78 is 11.3. The summed E-state index contributed by atoms with van der Waals surface area (Å²) in [5.41, 5.74) is 1.37. The van der Waals surface area contributed by atoms with Crippen molar-refractivity contribution in [3.8, 4) is 0 Å². The molecule has 5 atom stereocenters. The van der Waals surface area contributed by atoms with Gasteiger partial charge in [0.05, 0.1) is 12.7 Å². The van der Waals surface area contributed by atoms with Crippen molar-refractivity contribution in [3.63, 3.8) is 0 Å². The molecular formula is C22H31NO3. The molecule has 1 N–H and O–H groups in total. The van der Waals surface area contributed by atoms with E-state index in [-0.39, 0.29) is 24.7 Å². The molecule has 1 aromatic rings. The molecule has 0 unspecified atom stereocenters. The fourth-order valence-corrected chi connectivity index (χ4v) is 5.24. The Morgan fingerprint density at radius 1 is 1.04 bits per heavy atom. The van der Waals surface area contributed by atoms with Crippen molar-refractivity contribution in [2.45, 2.75) is 63.0 Å². The van der Waals surface area contributed by atoms with Gasteiger partial charge in [0.1, 0.15) is 6.61 Å². The molecule has 2 aliphatic carbocycles. The van der Waals surface area contributed by atoms with Crippen LogP contribution in [0.25, 0.3) is 0 Å². The van der Waals surface area contributed by atoms with Crippen LogP contribution in [-0.2, 0) is 14.3 Å². The summed E-state index contributed by atoms with van der Waals surface area (Å²) in [5.74, 6) is 1.86. The van der Waals surface area contributed by atoms with Crippen molar-refractivity contribution < 1.29 is 14.3 Å². The molecule has 3 fully saturated rings. The van der Waals surface area contributed by atoms with Crippen molar-refractivity contribution in [2.24, 2.45) is 11.8 Å². The van der Waals surface area contributed by atoms with Crippen molar-refractivity contribution in [3.05, 3.63) is 35.9 Å². The molecule has 1 aliphatic heterocycles. The lowest BCUT2D eigenvalue weighted by Crippen LogP contribution is -2.59. The lowest BCUT2D eigenvalue weighted by molar-refractivity contribution is -0.131. The Kier molecular flexibility index (Phi) is 5.91. The molecule has 1 heterocycles. The average Bonchev–Trinajstić information content (AvgIpc) is 2.68. The molecule has 0 bridgehead atoms. The van der Waals surface area contributed by atoms with Crippen molar-refractivity contribution in [1.82, 2.24) is 5.32 Å². The maximum Gasteiger partial charge on any atom is 0.246 e. The molecule has 1 aromatic carbocycles. The van der Waals surface area contributed by atoms with Gasteiger partial charge in [0.15, 0.2) is 0 Å². The smallest absolute Gasteiger partial charge is 0.246 e. The van der Waals surface area contributed by atoms with E-state index in [1.165, 1.54) is 37.7 Å². The van der Waals surface area contributed by atoms with Gasteiger partial charge in [0, 0.05) is 18.6 Å². The molecule has 142 valence electrons. The molecule has 26 heavy (non-hydrogen) atoms. The predicted molar refractivity (Wildman–Crippen MR) is 101 cm³/mol. The van der Waals surface area contributed by atoms with Gasteiger partial charge in [-0.15, -0.1) is 0 Å². The van der Waals surface area contributed by atoms with E-state index in [0.29, 0.717) is 18.4 Å². The van der Waals surface area contributed by atoms with Crippen LogP contribution >= 0.6 is 0 Å². The third-order valence-corrected chi connectivity index (χ3v) is 6.51. The van der Waals surface area contributed by atoms with Gasteiger partial charge in [-0.3, -0.25) is 4.79 Å². The number of fused-ring (bicyclic) bond motifs is 1.